The average molecular weight is 726 g/mol. The summed E-state index contributed by atoms with van der Waals surface area (Å²) in [4.78, 5) is 11.1. The van der Waals surface area contributed by atoms with Crippen LogP contribution in [-0.4, -0.2) is 14.5 Å². The molecule has 0 radical (unpaired) electrons. The van der Waals surface area contributed by atoms with Gasteiger partial charge in [-0.3, -0.25) is 4.57 Å². The number of hydrogen-bond acceptors (Lipinski definition) is 4. The minimum absolute atomic E-state index is 0.249. The van der Waals surface area contributed by atoms with E-state index in [0.717, 1.165) is 79.1 Å². The molecule has 55 heavy (non-hydrogen) atoms. The third kappa shape index (κ3) is 4.51. The zero-order valence-electron chi connectivity index (χ0n) is 30.5. The molecule has 4 nitrogen and oxygen atoms in total. The minimum atomic E-state index is 0.249. The summed E-state index contributed by atoms with van der Waals surface area (Å²) in [5.74, 6) is 1.46. The number of thiophene rings is 1. The van der Waals surface area contributed by atoms with Crippen LogP contribution in [0.4, 0.5) is 0 Å². The Kier molecular flexibility index (Phi) is 6.56. The summed E-state index contributed by atoms with van der Waals surface area (Å²) >= 11 is 1.87. The molecule has 10 aromatic rings. The van der Waals surface area contributed by atoms with Crippen LogP contribution in [0.25, 0.3) is 104 Å². The van der Waals surface area contributed by atoms with Gasteiger partial charge in [-0.2, -0.15) is 0 Å². The second-order valence-electron chi connectivity index (χ2n) is 15.4. The Balaban J connectivity index is 1.23. The molecule has 4 heterocycles. The fourth-order valence-electron chi connectivity index (χ4n) is 9.31. The largest absolute Gasteiger partial charge is 0.454 e. The summed E-state index contributed by atoms with van der Waals surface area (Å²) in [7, 11) is 0. The molecule has 2 atom stereocenters. The third-order valence-corrected chi connectivity index (χ3v) is 13.2. The molecule has 4 aromatic heterocycles. The number of fused-ring (bicyclic) bond motifs is 12. The molecule has 2 aliphatic rings. The summed E-state index contributed by atoms with van der Waals surface area (Å²) in [6, 6.07) is 41.9. The molecule has 2 aliphatic carbocycles. The second kappa shape index (κ2) is 11.6. The molecule has 5 heteroatoms. The van der Waals surface area contributed by atoms with Gasteiger partial charge in [0.1, 0.15) is 11.1 Å². The van der Waals surface area contributed by atoms with E-state index < -0.39 is 0 Å². The van der Waals surface area contributed by atoms with Crippen molar-refractivity contribution in [2.45, 2.75) is 32.6 Å². The maximum atomic E-state index is 6.91. The number of furan rings is 1. The fourth-order valence-corrected chi connectivity index (χ4v) is 10.5. The minimum Gasteiger partial charge on any atom is -0.454 e. The molecule has 0 spiro atoms. The van der Waals surface area contributed by atoms with E-state index in [9.17, 15) is 0 Å². The zero-order chi connectivity index (χ0) is 36.4. The molecule has 12 rings (SSSR count). The lowest BCUT2D eigenvalue weighted by atomic mass is 9.87. The molecule has 0 saturated carbocycles. The number of aromatic nitrogens is 3. The third-order valence-electron chi connectivity index (χ3n) is 11.9. The van der Waals surface area contributed by atoms with Gasteiger partial charge in [0.05, 0.1) is 16.9 Å². The van der Waals surface area contributed by atoms with E-state index in [4.69, 9.17) is 14.4 Å². The fraction of sp³-hybridized carbons (Fsp3) is 0.120. The van der Waals surface area contributed by atoms with E-state index in [2.05, 4.69) is 158 Å². The number of hydrogen-bond donors (Lipinski definition) is 0. The quantitative estimate of drug-likeness (QED) is 0.182. The lowest BCUT2D eigenvalue weighted by Crippen LogP contribution is -2.12. The monoisotopic (exact) mass is 725 g/mol. The van der Waals surface area contributed by atoms with Crippen LogP contribution in [0.2, 0.25) is 0 Å². The Hall–Kier alpha value is -6.30. The van der Waals surface area contributed by atoms with E-state index in [0.29, 0.717) is 11.9 Å². The van der Waals surface area contributed by atoms with Crippen LogP contribution in [-0.2, 0) is 6.42 Å². The van der Waals surface area contributed by atoms with Crippen LogP contribution in [0.5, 0.6) is 0 Å². The topological polar surface area (TPSA) is 43.9 Å². The maximum Gasteiger partial charge on any atom is 0.235 e. The highest BCUT2D eigenvalue weighted by atomic mass is 32.1. The summed E-state index contributed by atoms with van der Waals surface area (Å²) in [6.07, 6.45) is 11.1. The first-order valence-electron chi connectivity index (χ1n) is 19.3. The van der Waals surface area contributed by atoms with Crippen LogP contribution < -0.4 is 0 Å². The van der Waals surface area contributed by atoms with Gasteiger partial charge in [-0.25, -0.2) is 9.97 Å². The van der Waals surface area contributed by atoms with Crippen molar-refractivity contribution in [2.24, 2.45) is 5.92 Å². The first-order valence-corrected chi connectivity index (χ1v) is 20.1. The molecular formula is C50H35N3OS. The highest BCUT2D eigenvalue weighted by Crippen LogP contribution is 2.49. The Labute approximate surface area is 321 Å². The second-order valence-corrected chi connectivity index (χ2v) is 16.5. The Bertz CT molecular complexity index is 3320. The van der Waals surface area contributed by atoms with Crippen LogP contribution in [0, 0.1) is 5.92 Å². The van der Waals surface area contributed by atoms with Crippen molar-refractivity contribution in [1.82, 2.24) is 14.5 Å². The van der Waals surface area contributed by atoms with Crippen molar-refractivity contribution >= 4 is 87.4 Å². The van der Waals surface area contributed by atoms with E-state index in [1.54, 1.807) is 0 Å². The van der Waals surface area contributed by atoms with Gasteiger partial charge in [-0.05, 0) is 65.8 Å². The summed E-state index contributed by atoms with van der Waals surface area (Å²) in [5.41, 5.74) is 13.1. The Morgan fingerprint density at radius 1 is 0.727 bits per heavy atom. The van der Waals surface area contributed by atoms with Crippen molar-refractivity contribution in [2.75, 3.05) is 0 Å². The summed E-state index contributed by atoms with van der Waals surface area (Å²) < 4.78 is 11.8. The number of rotatable bonds is 3. The number of allylic oxidation sites excluding steroid dienone is 2. The highest BCUT2D eigenvalue weighted by molar-refractivity contribution is 7.26. The highest BCUT2D eigenvalue weighted by Gasteiger charge is 2.28. The van der Waals surface area contributed by atoms with Gasteiger partial charge in [0.15, 0.2) is 5.58 Å². The number of nitrogens with zero attached hydrogens (tertiary/aromatic N) is 3. The number of benzene rings is 6. The van der Waals surface area contributed by atoms with Gasteiger partial charge in [-0.1, -0.05) is 123 Å². The first-order chi connectivity index (χ1) is 27.1. The maximum absolute atomic E-state index is 6.91. The van der Waals surface area contributed by atoms with Gasteiger partial charge in [0.2, 0.25) is 5.95 Å². The number of para-hydroxylation sites is 2. The van der Waals surface area contributed by atoms with Crippen LogP contribution >= 0.6 is 11.3 Å². The summed E-state index contributed by atoms with van der Waals surface area (Å²) in [5, 5.41) is 7.07. The Morgan fingerprint density at radius 2 is 1.55 bits per heavy atom. The van der Waals surface area contributed by atoms with Crippen molar-refractivity contribution in [3.8, 4) is 28.3 Å². The van der Waals surface area contributed by atoms with E-state index >= 15 is 0 Å². The molecule has 0 bridgehead atoms. The lowest BCUT2D eigenvalue weighted by molar-refractivity contribution is 0.670. The molecule has 262 valence electrons. The van der Waals surface area contributed by atoms with Crippen molar-refractivity contribution in [3.05, 3.63) is 150 Å². The van der Waals surface area contributed by atoms with E-state index in [1.807, 2.05) is 11.3 Å². The Morgan fingerprint density at radius 3 is 2.47 bits per heavy atom. The predicted molar refractivity (Wildman–Crippen MR) is 231 cm³/mol. The molecule has 0 N–H and O–H groups in total. The van der Waals surface area contributed by atoms with Gasteiger partial charge < -0.3 is 4.42 Å². The van der Waals surface area contributed by atoms with Crippen LogP contribution in [0.1, 0.15) is 48.6 Å². The summed E-state index contributed by atoms with van der Waals surface area (Å²) in [6.45, 7) is 4.57. The molecule has 0 fully saturated rings. The van der Waals surface area contributed by atoms with Crippen molar-refractivity contribution in [1.29, 1.82) is 0 Å². The SMILES string of the molecule is CC1C=Cc2cc(-c3nc(-n4c5ccccc5c5c(-c6cccc7c6sc6ccccc67)cc6c7ccccc7oc6c54)nc4c3C=CCC4C)ccc2C1. The van der Waals surface area contributed by atoms with Gasteiger partial charge in [0, 0.05) is 64.3 Å². The normalized spacial score (nSPS) is 16.6. The van der Waals surface area contributed by atoms with Crippen LogP contribution in [0.15, 0.2) is 132 Å². The smallest absolute Gasteiger partial charge is 0.235 e. The molecule has 0 amide bonds. The van der Waals surface area contributed by atoms with E-state index in [-0.39, 0.29) is 5.92 Å². The average Bonchev–Trinajstić information content (AvgIpc) is 3.90. The van der Waals surface area contributed by atoms with Gasteiger partial charge in [-0.15, -0.1) is 11.3 Å². The van der Waals surface area contributed by atoms with Gasteiger partial charge >= 0.3 is 0 Å². The molecule has 6 aromatic carbocycles. The van der Waals surface area contributed by atoms with Crippen LogP contribution in [0.3, 0.4) is 0 Å². The standard InChI is InChI=1S/C50H35N3OS/c1-28-21-22-31-26-32(24-23-30(31)25-28)46-38-17-9-11-29(2)45(38)51-50(52-46)53-41-18-6-3-14-37(41)44-39(27-40-33-12-4-7-19-42(33)54-48(40)47(44)53)36-16-10-15-35-34-13-5-8-20-43(34)55-49(35)36/h3-10,12-24,26-29H,11,25H2,1-2H3. The predicted octanol–water partition coefficient (Wildman–Crippen LogP) is 13.9. The molecule has 2 unspecified atom stereocenters. The lowest BCUT2D eigenvalue weighted by Gasteiger charge is -2.22. The molecule has 0 saturated heterocycles. The molecular weight excluding hydrogens is 691 g/mol. The van der Waals surface area contributed by atoms with Gasteiger partial charge in [0.25, 0.3) is 0 Å². The first kappa shape index (κ1) is 31.1. The zero-order valence-corrected chi connectivity index (χ0v) is 31.3. The van der Waals surface area contributed by atoms with Crippen molar-refractivity contribution in [3.63, 3.8) is 0 Å². The van der Waals surface area contributed by atoms with Crippen molar-refractivity contribution < 1.29 is 4.42 Å². The molecule has 0 aliphatic heterocycles. The van der Waals surface area contributed by atoms with E-state index in [1.165, 1.54) is 42.4 Å².